The molecule has 0 bridgehead atoms. The molecule has 10 heteroatoms. The van der Waals surface area contributed by atoms with E-state index in [2.05, 4.69) is 5.32 Å². The lowest BCUT2D eigenvalue weighted by molar-refractivity contribution is -0.123. The summed E-state index contributed by atoms with van der Waals surface area (Å²) in [4.78, 5) is 24.2. The minimum absolute atomic E-state index is 0.387. The van der Waals surface area contributed by atoms with Crippen LogP contribution in [0.15, 0.2) is 39.8 Å². The van der Waals surface area contributed by atoms with Gasteiger partial charge in [-0.15, -0.1) is 0 Å². The Hall–Kier alpha value is -2.85. The Morgan fingerprint density at radius 2 is 1.92 bits per heavy atom. The van der Waals surface area contributed by atoms with E-state index in [1.165, 1.54) is 14.0 Å². The number of benzene rings is 1. The second kappa shape index (κ2) is 7.58. The maximum Gasteiger partial charge on any atom is 0.375 e. The fraction of sp³-hybridized carbons (Fsp3) is 0.250. The molecule has 0 aliphatic carbocycles. The summed E-state index contributed by atoms with van der Waals surface area (Å²) in [6.07, 6.45) is -1.17. The Labute approximate surface area is 150 Å². The maximum atomic E-state index is 12.2. The molecule has 9 nitrogen and oxygen atoms in total. The summed E-state index contributed by atoms with van der Waals surface area (Å²) in [7, 11) is -2.62. The number of carbonyl (C=O) groups excluding carboxylic acids is 2. The largest absolute Gasteiger partial charge is 0.495 e. The average Bonchev–Trinajstić information content (AvgIpc) is 3.05. The van der Waals surface area contributed by atoms with Crippen molar-refractivity contribution in [1.82, 2.24) is 0 Å². The molecule has 1 aromatic heterocycles. The van der Waals surface area contributed by atoms with Crippen molar-refractivity contribution >= 4 is 27.6 Å². The number of carbonyl (C=O) groups is 2. The lowest BCUT2D eigenvalue weighted by Gasteiger charge is -2.15. The summed E-state index contributed by atoms with van der Waals surface area (Å²) in [5, 5.41) is 6.92. The third-order valence-electron chi connectivity index (χ3n) is 3.33. The normalized spacial score (nSPS) is 12.3. The van der Waals surface area contributed by atoms with Crippen LogP contribution in [0, 0.1) is 6.92 Å². The van der Waals surface area contributed by atoms with Gasteiger partial charge in [-0.2, -0.15) is 0 Å². The average molecular weight is 382 g/mol. The Morgan fingerprint density at radius 1 is 1.23 bits per heavy atom. The van der Waals surface area contributed by atoms with E-state index in [9.17, 15) is 18.0 Å². The number of furan rings is 1. The first-order chi connectivity index (χ1) is 12.1. The van der Waals surface area contributed by atoms with Gasteiger partial charge < -0.3 is 19.2 Å². The summed E-state index contributed by atoms with van der Waals surface area (Å²) in [6, 6.07) is 7.33. The van der Waals surface area contributed by atoms with Crippen LogP contribution in [0.5, 0.6) is 5.75 Å². The third kappa shape index (κ3) is 4.61. The van der Waals surface area contributed by atoms with Crippen molar-refractivity contribution in [3.63, 3.8) is 0 Å². The van der Waals surface area contributed by atoms with Crippen LogP contribution in [0.2, 0.25) is 0 Å². The molecule has 0 aliphatic rings. The van der Waals surface area contributed by atoms with Crippen molar-refractivity contribution in [3.05, 3.63) is 41.7 Å². The summed E-state index contributed by atoms with van der Waals surface area (Å²) >= 11 is 0. The first-order valence-corrected chi connectivity index (χ1v) is 8.95. The molecule has 1 heterocycles. The molecule has 1 unspecified atom stereocenters. The molecular formula is C16H18N2O7S. The predicted molar refractivity (Wildman–Crippen MR) is 91.3 cm³/mol. The number of nitrogens with two attached hydrogens (primary N) is 1. The highest BCUT2D eigenvalue weighted by atomic mass is 32.2. The Kier molecular flexibility index (Phi) is 5.68. The molecule has 1 amide bonds. The van der Waals surface area contributed by atoms with E-state index in [-0.39, 0.29) is 5.76 Å². The standard InChI is InChI=1S/C16H18N2O7S/c1-9-4-5-12(23-3)11(8-9)18-15(19)10(2)24-16(20)13-6-7-14(25-13)26(17,21)22/h4-8,10H,1-3H3,(H,18,19)(H2,17,21,22). The number of sulfonamides is 1. The van der Waals surface area contributed by atoms with E-state index in [0.29, 0.717) is 11.4 Å². The lowest BCUT2D eigenvalue weighted by atomic mass is 10.2. The van der Waals surface area contributed by atoms with Gasteiger partial charge in [0.15, 0.2) is 6.10 Å². The molecule has 1 atom stereocenters. The zero-order valence-electron chi connectivity index (χ0n) is 14.3. The number of amides is 1. The van der Waals surface area contributed by atoms with Crippen LogP contribution in [-0.2, 0) is 19.6 Å². The van der Waals surface area contributed by atoms with E-state index in [1.807, 2.05) is 13.0 Å². The van der Waals surface area contributed by atoms with Crippen molar-refractivity contribution in [3.8, 4) is 5.75 Å². The second-order valence-electron chi connectivity index (χ2n) is 5.40. The van der Waals surface area contributed by atoms with Crippen LogP contribution in [0.25, 0.3) is 0 Å². The van der Waals surface area contributed by atoms with Crippen LogP contribution in [0.3, 0.4) is 0 Å². The number of methoxy groups -OCH3 is 1. The molecule has 0 radical (unpaired) electrons. The lowest BCUT2D eigenvalue weighted by Crippen LogP contribution is -2.30. The first-order valence-electron chi connectivity index (χ1n) is 7.41. The number of hydrogen-bond donors (Lipinski definition) is 2. The highest BCUT2D eigenvalue weighted by molar-refractivity contribution is 7.89. The Bertz CT molecular complexity index is 934. The summed E-state index contributed by atoms with van der Waals surface area (Å²) in [6.45, 7) is 3.21. The van der Waals surface area contributed by atoms with Crippen molar-refractivity contribution in [2.45, 2.75) is 25.0 Å². The molecule has 26 heavy (non-hydrogen) atoms. The molecule has 0 spiro atoms. The number of rotatable bonds is 6. The van der Waals surface area contributed by atoms with Gasteiger partial charge >= 0.3 is 5.97 Å². The van der Waals surface area contributed by atoms with Gasteiger partial charge in [-0.1, -0.05) is 6.07 Å². The van der Waals surface area contributed by atoms with Gasteiger partial charge in [-0.3, -0.25) is 4.79 Å². The summed E-state index contributed by atoms with van der Waals surface area (Å²) in [5.74, 6) is -1.53. The van der Waals surface area contributed by atoms with E-state index in [0.717, 1.165) is 17.7 Å². The van der Waals surface area contributed by atoms with Crippen LogP contribution in [0.4, 0.5) is 5.69 Å². The number of nitrogens with one attached hydrogen (secondary N) is 1. The van der Waals surface area contributed by atoms with Gasteiger partial charge in [0.2, 0.25) is 10.9 Å². The van der Waals surface area contributed by atoms with Crippen LogP contribution >= 0.6 is 0 Å². The number of aryl methyl sites for hydroxylation is 1. The molecule has 2 rings (SSSR count). The fourth-order valence-corrected chi connectivity index (χ4v) is 2.47. The first kappa shape index (κ1) is 19.5. The fourth-order valence-electron chi connectivity index (χ4n) is 2.01. The number of hydrogen-bond acceptors (Lipinski definition) is 7. The molecule has 3 N–H and O–H groups in total. The van der Waals surface area contributed by atoms with Crippen LogP contribution in [0.1, 0.15) is 23.0 Å². The van der Waals surface area contributed by atoms with Crippen molar-refractivity contribution in [1.29, 1.82) is 0 Å². The maximum absolute atomic E-state index is 12.2. The van der Waals surface area contributed by atoms with Gasteiger partial charge in [-0.05, 0) is 43.7 Å². The predicted octanol–water partition coefficient (Wildman–Crippen LogP) is 1.43. The highest BCUT2D eigenvalue weighted by Crippen LogP contribution is 2.25. The molecule has 2 aromatic rings. The van der Waals surface area contributed by atoms with Crippen molar-refractivity contribution < 1.29 is 31.9 Å². The SMILES string of the molecule is COc1ccc(C)cc1NC(=O)C(C)OC(=O)c1ccc(S(N)(=O)=O)o1. The number of anilines is 1. The molecule has 1 aromatic carbocycles. The molecule has 0 fully saturated rings. The monoisotopic (exact) mass is 382 g/mol. The van der Waals surface area contributed by atoms with Gasteiger partial charge in [0, 0.05) is 0 Å². The van der Waals surface area contributed by atoms with Gasteiger partial charge in [0.05, 0.1) is 12.8 Å². The van der Waals surface area contributed by atoms with Crippen LogP contribution < -0.4 is 15.2 Å². The third-order valence-corrected chi connectivity index (χ3v) is 4.11. The molecule has 140 valence electrons. The Morgan fingerprint density at radius 3 is 2.50 bits per heavy atom. The van der Waals surface area contributed by atoms with E-state index in [4.69, 9.17) is 19.0 Å². The molecule has 0 aliphatic heterocycles. The summed E-state index contributed by atoms with van der Waals surface area (Å²) < 4.78 is 37.3. The highest BCUT2D eigenvalue weighted by Gasteiger charge is 2.24. The van der Waals surface area contributed by atoms with E-state index in [1.54, 1.807) is 12.1 Å². The number of esters is 1. The van der Waals surface area contributed by atoms with Gasteiger partial charge in [0.1, 0.15) is 5.75 Å². The van der Waals surface area contributed by atoms with E-state index < -0.39 is 33.1 Å². The molecular weight excluding hydrogens is 364 g/mol. The minimum Gasteiger partial charge on any atom is -0.495 e. The smallest absolute Gasteiger partial charge is 0.375 e. The molecule has 0 saturated carbocycles. The van der Waals surface area contributed by atoms with Gasteiger partial charge in [0.25, 0.3) is 15.9 Å². The topological polar surface area (TPSA) is 138 Å². The van der Waals surface area contributed by atoms with Crippen molar-refractivity contribution in [2.24, 2.45) is 5.14 Å². The minimum atomic E-state index is -4.08. The number of ether oxygens (including phenoxy) is 2. The zero-order valence-corrected chi connectivity index (χ0v) is 15.1. The van der Waals surface area contributed by atoms with Crippen LogP contribution in [-0.4, -0.2) is 33.5 Å². The second-order valence-corrected chi connectivity index (χ2v) is 6.90. The molecule has 0 saturated heterocycles. The number of primary sulfonamides is 1. The van der Waals surface area contributed by atoms with Crippen molar-refractivity contribution in [2.75, 3.05) is 12.4 Å². The quantitative estimate of drug-likeness (QED) is 0.721. The zero-order chi connectivity index (χ0) is 19.5. The van der Waals surface area contributed by atoms with Gasteiger partial charge in [-0.25, -0.2) is 18.4 Å². The van der Waals surface area contributed by atoms with E-state index >= 15 is 0 Å². The summed E-state index contributed by atoms with van der Waals surface area (Å²) in [5.41, 5.74) is 1.33. The Balaban J connectivity index is 2.06.